The van der Waals surface area contributed by atoms with Gasteiger partial charge in [0.1, 0.15) is 18.3 Å². The Labute approximate surface area is 284 Å². The van der Waals surface area contributed by atoms with Crippen molar-refractivity contribution < 1.29 is 22.7 Å². The molecule has 0 heterocycles. The Morgan fingerprint density at radius 2 is 1.61 bits per heavy atom. The van der Waals surface area contributed by atoms with E-state index >= 15 is 0 Å². The molecule has 8 nitrogen and oxygen atoms in total. The summed E-state index contributed by atoms with van der Waals surface area (Å²) in [4.78, 5) is 29.7. The number of ether oxygens (including phenoxy) is 1. The highest BCUT2D eigenvalue weighted by Gasteiger charge is 2.34. The first-order valence-electron chi connectivity index (χ1n) is 14.8. The molecule has 0 aliphatic heterocycles. The largest absolute Gasteiger partial charge is 0.495 e. The molecular formula is C35H37BrClN3O5S. The first-order chi connectivity index (χ1) is 22.0. The lowest BCUT2D eigenvalue weighted by Crippen LogP contribution is -2.53. The molecule has 4 rings (SSSR count). The fourth-order valence-electron chi connectivity index (χ4n) is 4.88. The van der Waals surface area contributed by atoms with Crippen LogP contribution in [0.4, 0.5) is 5.69 Å². The van der Waals surface area contributed by atoms with Crippen LogP contribution in [0.5, 0.6) is 5.75 Å². The van der Waals surface area contributed by atoms with Crippen LogP contribution in [0, 0.1) is 6.92 Å². The fourth-order valence-corrected chi connectivity index (χ4v) is 6.81. The normalized spacial score (nSPS) is 11.8. The van der Waals surface area contributed by atoms with Gasteiger partial charge in [-0.15, -0.1) is 0 Å². The van der Waals surface area contributed by atoms with Crippen molar-refractivity contribution >= 4 is 55.1 Å². The molecule has 46 heavy (non-hydrogen) atoms. The second-order valence-corrected chi connectivity index (χ2v) is 14.0. The van der Waals surface area contributed by atoms with Crippen molar-refractivity contribution in [1.82, 2.24) is 10.2 Å². The predicted molar refractivity (Wildman–Crippen MR) is 186 cm³/mol. The SMILES string of the molecule is CCCNC(=O)[C@H](Cc1ccccc1)N(Cc1ccc(Br)cc1)C(=O)CN(c1ccc(OC)c(Cl)c1)S(=O)(=O)c1ccc(C)cc1. The molecule has 4 aromatic carbocycles. The van der Waals surface area contributed by atoms with Gasteiger partial charge in [0.05, 0.1) is 22.7 Å². The number of rotatable bonds is 14. The van der Waals surface area contributed by atoms with Crippen molar-refractivity contribution in [2.24, 2.45) is 0 Å². The van der Waals surface area contributed by atoms with Crippen molar-refractivity contribution in [3.05, 3.63) is 123 Å². The fraction of sp³-hybridized carbons (Fsp3) is 0.257. The predicted octanol–water partition coefficient (Wildman–Crippen LogP) is 6.78. The minimum Gasteiger partial charge on any atom is -0.495 e. The molecule has 2 amide bonds. The van der Waals surface area contributed by atoms with Crippen LogP contribution in [-0.2, 0) is 32.6 Å². The van der Waals surface area contributed by atoms with Crippen molar-refractivity contribution in [1.29, 1.82) is 0 Å². The van der Waals surface area contributed by atoms with E-state index in [1.165, 1.54) is 36.3 Å². The maximum Gasteiger partial charge on any atom is 0.264 e. The molecule has 0 aromatic heterocycles. The molecule has 1 atom stereocenters. The minimum atomic E-state index is -4.25. The van der Waals surface area contributed by atoms with Gasteiger partial charge >= 0.3 is 0 Å². The van der Waals surface area contributed by atoms with Crippen LogP contribution in [0.2, 0.25) is 5.02 Å². The van der Waals surface area contributed by atoms with Gasteiger partial charge in [0.25, 0.3) is 10.0 Å². The molecule has 4 aromatic rings. The number of nitrogens with one attached hydrogen (secondary N) is 1. The zero-order chi connectivity index (χ0) is 33.3. The molecule has 0 saturated carbocycles. The summed E-state index contributed by atoms with van der Waals surface area (Å²) in [7, 11) is -2.79. The molecule has 0 bridgehead atoms. The summed E-state index contributed by atoms with van der Waals surface area (Å²) >= 11 is 9.89. The Hall–Kier alpha value is -3.86. The Balaban J connectivity index is 1.81. The summed E-state index contributed by atoms with van der Waals surface area (Å²) < 4.78 is 35.6. The quantitative estimate of drug-likeness (QED) is 0.155. The lowest BCUT2D eigenvalue weighted by atomic mass is 10.0. The first-order valence-corrected chi connectivity index (χ1v) is 17.4. The zero-order valence-electron chi connectivity index (χ0n) is 26.0. The van der Waals surface area contributed by atoms with Gasteiger partial charge in [0, 0.05) is 24.0 Å². The van der Waals surface area contributed by atoms with E-state index < -0.39 is 28.5 Å². The number of anilines is 1. The topological polar surface area (TPSA) is 96.0 Å². The molecule has 0 aliphatic carbocycles. The number of methoxy groups -OCH3 is 1. The minimum absolute atomic E-state index is 0.0128. The number of carbonyl (C=O) groups is 2. The molecule has 0 saturated heterocycles. The molecule has 11 heteroatoms. The van der Waals surface area contributed by atoms with E-state index in [1.54, 1.807) is 18.2 Å². The molecule has 1 N–H and O–H groups in total. The van der Waals surface area contributed by atoms with E-state index in [1.807, 2.05) is 68.4 Å². The molecule has 0 radical (unpaired) electrons. The molecule has 0 fully saturated rings. The summed E-state index contributed by atoms with van der Waals surface area (Å²) in [5, 5.41) is 3.13. The van der Waals surface area contributed by atoms with Crippen molar-refractivity contribution in [2.45, 2.75) is 44.2 Å². The second-order valence-electron chi connectivity index (χ2n) is 10.8. The summed E-state index contributed by atoms with van der Waals surface area (Å²) in [6, 6.07) is 26.9. The number of carbonyl (C=O) groups excluding carboxylic acids is 2. The van der Waals surface area contributed by atoms with E-state index in [0.717, 1.165) is 25.5 Å². The Kier molecular flexibility index (Phi) is 12.3. The number of hydrogen-bond acceptors (Lipinski definition) is 5. The summed E-state index contributed by atoms with van der Waals surface area (Å²) in [5.74, 6) is -0.522. The van der Waals surface area contributed by atoms with Crippen LogP contribution in [-0.4, -0.2) is 51.4 Å². The Morgan fingerprint density at radius 3 is 2.22 bits per heavy atom. The molecule has 0 spiro atoms. The average Bonchev–Trinajstić information content (AvgIpc) is 3.05. The number of nitrogens with zero attached hydrogens (tertiary/aromatic N) is 2. The summed E-state index contributed by atoms with van der Waals surface area (Å²) in [6.07, 6.45) is 0.947. The highest BCUT2D eigenvalue weighted by molar-refractivity contribution is 9.10. The Bertz CT molecular complexity index is 1740. The maximum atomic E-state index is 14.5. The smallest absolute Gasteiger partial charge is 0.264 e. The Morgan fingerprint density at radius 1 is 0.935 bits per heavy atom. The molecule has 0 aliphatic rings. The van der Waals surface area contributed by atoms with Gasteiger partial charge in [-0.2, -0.15) is 0 Å². The second kappa shape index (κ2) is 16.1. The first kappa shape index (κ1) is 35.0. The van der Waals surface area contributed by atoms with Gasteiger partial charge in [0.15, 0.2) is 0 Å². The van der Waals surface area contributed by atoms with Gasteiger partial charge in [-0.3, -0.25) is 13.9 Å². The van der Waals surface area contributed by atoms with E-state index in [4.69, 9.17) is 16.3 Å². The molecule has 0 unspecified atom stereocenters. The number of halogens is 2. The third-order valence-electron chi connectivity index (χ3n) is 7.40. The number of aryl methyl sites for hydroxylation is 1. The van der Waals surface area contributed by atoms with Gasteiger partial charge in [-0.25, -0.2) is 8.42 Å². The van der Waals surface area contributed by atoms with Gasteiger partial charge in [-0.05, 0) is 66.9 Å². The van der Waals surface area contributed by atoms with Crippen LogP contribution in [0.1, 0.15) is 30.0 Å². The van der Waals surface area contributed by atoms with E-state index in [0.29, 0.717) is 18.7 Å². The maximum absolute atomic E-state index is 14.5. The van der Waals surface area contributed by atoms with Crippen LogP contribution >= 0.6 is 27.5 Å². The average molecular weight is 727 g/mol. The lowest BCUT2D eigenvalue weighted by molar-refractivity contribution is -0.140. The highest BCUT2D eigenvalue weighted by Crippen LogP contribution is 2.32. The third kappa shape index (κ3) is 8.90. The van der Waals surface area contributed by atoms with Crippen LogP contribution < -0.4 is 14.4 Å². The van der Waals surface area contributed by atoms with Crippen molar-refractivity contribution in [3.8, 4) is 5.75 Å². The molecular weight excluding hydrogens is 690 g/mol. The van der Waals surface area contributed by atoms with Crippen LogP contribution in [0.15, 0.2) is 106 Å². The highest BCUT2D eigenvalue weighted by atomic mass is 79.9. The van der Waals surface area contributed by atoms with Gasteiger partial charge in [0.2, 0.25) is 11.8 Å². The zero-order valence-corrected chi connectivity index (χ0v) is 29.1. The standard InChI is InChI=1S/C35H37BrClN3O5S/c1-4-20-38-35(42)32(21-26-8-6-5-7-9-26)39(23-27-12-14-28(36)15-13-27)34(41)24-40(29-16-19-33(45-3)31(37)22-29)46(43,44)30-17-10-25(2)11-18-30/h5-19,22,32H,4,20-21,23-24H2,1-3H3,(H,38,42)/t32-/m0/s1. The monoisotopic (exact) mass is 725 g/mol. The van der Waals surface area contributed by atoms with E-state index in [2.05, 4.69) is 21.2 Å². The number of benzene rings is 4. The molecule has 242 valence electrons. The van der Waals surface area contributed by atoms with Gasteiger partial charge < -0.3 is 15.0 Å². The summed E-state index contributed by atoms with van der Waals surface area (Å²) in [6.45, 7) is 3.73. The third-order valence-corrected chi connectivity index (χ3v) is 10.0. The number of hydrogen-bond donors (Lipinski definition) is 1. The number of sulfonamides is 1. The van der Waals surface area contributed by atoms with E-state index in [-0.39, 0.29) is 34.5 Å². The van der Waals surface area contributed by atoms with Crippen molar-refractivity contribution in [2.75, 3.05) is 24.5 Å². The van der Waals surface area contributed by atoms with Crippen LogP contribution in [0.25, 0.3) is 0 Å². The van der Waals surface area contributed by atoms with Gasteiger partial charge in [-0.1, -0.05) is 94.6 Å². The lowest BCUT2D eigenvalue weighted by Gasteiger charge is -2.34. The van der Waals surface area contributed by atoms with E-state index in [9.17, 15) is 18.0 Å². The van der Waals surface area contributed by atoms with Crippen molar-refractivity contribution in [3.63, 3.8) is 0 Å². The summed E-state index contributed by atoms with van der Waals surface area (Å²) in [5.41, 5.74) is 2.70. The van der Waals surface area contributed by atoms with Crippen LogP contribution in [0.3, 0.4) is 0 Å². The number of amides is 2.